The lowest BCUT2D eigenvalue weighted by atomic mass is 9.73. The summed E-state index contributed by atoms with van der Waals surface area (Å²) >= 11 is 6.28. The first kappa shape index (κ1) is 28.7. The topological polar surface area (TPSA) is 105 Å². The van der Waals surface area contributed by atoms with Gasteiger partial charge in [-0.05, 0) is 92.3 Å². The Labute approximate surface area is 240 Å². The smallest absolute Gasteiger partial charge is 0.264 e. The minimum atomic E-state index is -4.21. The van der Waals surface area contributed by atoms with E-state index in [0.29, 0.717) is 54.6 Å². The van der Waals surface area contributed by atoms with E-state index in [1.165, 1.54) is 24.9 Å². The molecule has 2 aliphatic heterocycles. The fourth-order valence-corrected chi connectivity index (χ4v) is 6.80. The van der Waals surface area contributed by atoms with Crippen molar-refractivity contribution < 1.29 is 27.5 Å². The lowest BCUT2D eigenvalue weighted by Gasteiger charge is -2.41. The van der Waals surface area contributed by atoms with Crippen molar-refractivity contribution in [1.29, 1.82) is 0 Å². The average molecular weight is 590 g/mol. The molecule has 0 radical (unpaired) electrons. The Kier molecular flexibility index (Phi) is 8.58. The molecule has 0 spiro atoms. The van der Waals surface area contributed by atoms with Crippen molar-refractivity contribution in [3.8, 4) is 5.75 Å². The minimum absolute atomic E-state index is 0.0305. The number of amides is 2. The number of anilines is 1. The molecular weight excluding hydrogens is 554 g/mol. The number of rotatable bonds is 0. The number of ether oxygens (including phenoxy) is 2. The lowest BCUT2D eigenvalue weighted by molar-refractivity contribution is -0.142. The second-order valence-corrected chi connectivity index (χ2v) is 13.1. The van der Waals surface area contributed by atoms with Crippen LogP contribution in [-0.4, -0.2) is 64.5 Å². The summed E-state index contributed by atoms with van der Waals surface area (Å²) in [4.78, 5) is 28.9. The zero-order valence-corrected chi connectivity index (χ0v) is 24.5. The van der Waals surface area contributed by atoms with E-state index in [2.05, 4.69) is 9.62 Å². The quantitative estimate of drug-likeness (QED) is 0.499. The lowest BCUT2D eigenvalue weighted by Crippen LogP contribution is -2.48. The summed E-state index contributed by atoms with van der Waals surface area (Å²) in [6, 6.07) is 9.55. The van der Waals surface area contributed by atoms with Gasteiger partial charge in [-0.3, -0.25) is 9.59 Å². The Morgan fingerprint density at radius 3 is 2.58 bits per heavy atom. The molecule has 0 aromatic heterocycles. The third kappa shape index (κ3) is 6.24. The number of carbonyl (C=O) groups excluding carboxylic acids is 2. The number of fused-ring (bicyclic) bond motifs is 3. The van der Waals surface area contributed by atoms with Gasteiger partial charge in [-0.25, -0.2) is 13.1 Å². The van der Waals surface area contributed by atoms with Gasteiger partial charge in [0.25, 0.3) is 15.9 Å². The maximum atomic E-state index is 13.3. The number of nitrogens with zero attached hydrogens (tertiary/aromatic N) is 2. The average Bonchev–Trinajstić information content (AvgIpc) is 2.94. The van der Waals surface area contributed by atoms with Crippen LogP contribution >= 0.6 is 11.6 Å². The number of hydrogen-bond donors (Lipinski definition) is 1. The molecule has 11 heteroatoms. The van der Waals surface area contributed by atoms with Crippen molar-refractivity contribution in [2.75, 3.05) is 38.3 Å². The van der Waals surface area contributed by atoms with Crippen molar-refractivity contribution >= 4 is 39.1 Å². The van der Waals surface area contributed by atoms with Crippen molar-refractivity contribution in [2.24, 2.45) is 11.8 Å². The van der Waals surface area contributed by atoms with E-state index in [9.17, 15) is 18.0 Å². The number of hydrogen-bond acceptors (Lipinski definition) is 7. The maximum Gasteiger partial charge on any atom is 0.264 e. The van der Waals surface area contributed by atoms with Crippen LogP contribution in [0.5, 0.6) is 5.75 Å². The number of nitrogens with one attached hydrogen (secondary N) is 1. The van der Waals surface area contributed by atoms with E-state index in [1.807, 2.05) is 18.2 Å². The molecule has 2 heterocycles. The fourth-order valence-electron chi connectivity index (χ4n) is 5.53. The molecule has 9 nitrogen and oxygen atoms in total. The molecule has 1 aliphatic carbocycles. The van der Waals surface area contributed by atoms with E-state index in [0.717, 1.165) is 43.2 Å². The van der Waals surface area contributed by atoms with E-state index in [1.54, 1.807) is 12.1 Å². The Bertz CT molecular complexity index is 1380. The largest absolute Gasteiger partial charge is 0.487 e. The van der Waals surface area contributed by atoms with Crippen molar-refractivity contribution in [3.05, 3.63) is 52.5 Å². The van der Waals surface area contributed by atoms with Crippen molar-refractivity contribution in [3.63, 3.8) is 0 Å². The molecule has 1 N–H and O–H groups in total. The van der Waals surface area contributed by atoms with Crippen LogP contribution in [0.25, 0.3) is 0 Å². The molecule has 1 fully saturated rings. The summed E-state index contributed by atoms with van der Waals surface area (Å²) < 4.78 is 41.0. The van der Waals surface area contributed by atoms with Crippen LogP contribution in [0.4, 0.5) is 5.69 Å². The minimum Gasteiger partial charge on any atom is -0.487 e. The molecule has 216 valence electrons. The molecular formula is C29H36ClN3O6S. The Morgan fingerprint density at radius 2 is 1.80 bits per heavy atom. The van der Waals surface area contributed by atoms with E-state index >= 15 is 0 Å². The predicted molar refractivity (Wildman–Crippen MR) is 152 cm³/mol. The Hall–Kier alpha value is -2.82. The first-order valence-electron chi connectivity index (χ1n) is 13.8. The molecule has 0 saturated heterocycles. The Morgan fingerprint density at radius 1 is 1.00 bits per heavy atom. The molecule has 0 unspecified atom stereocenters. The van der Waals surface area contributed by atoms with Crippen LogP contribution in [0.2, 0.25) is 5.02 Å². The fraction of sp³-hybridized carbons (Fsp3) is 0.517. The van der Waals surface area contributed by atoms with Crippen LogP contribution in [-0.2, 0) is 37.4 Å². The summed E-state index contributed by atoms with van der Waals surface area (Å²) in [7, 11) is -2.74. The molecule has 2 bridgehead atoms. The number of benzene rings is 2. The standard InChI is InChI=1S/C29H36ClN3O6S/c1-19-29(35)31-40(36,37)25-10-11-27-26(14-25)33(15-21-6-7-22(21)16-38-18-28(34)32(19)2)12-4-3-5-20-13-24(30)9-8-23(20)17-39-27/h8-11,13-14,19,21-22H,3-7,12,15-18H2,1-2H3,(H,31,35)/t19-,21-,22-/m0/s1. The van der Waals surface area contributed by atoms with Gasteiger partial charge in [0, 0.05) is 25.2 Å². The van der Waals surface area contributed by atoms with Gasteiger partial charge >= 0.3 is 0 Å². The number of likely N-dealkylation sites (N-methyl/N-ethyl adjacent to an activating group) is 1. The second kappa shape index (κ2) is 12.0. The number of halogens is 1. The van der Waals surface area contributed by atoms with Gasteiger partial charge in [-0.2, -0.15) is 0 Å². The van der Waals surface area contributed by atoms with Gasteiger partial charge in [-0.15, -0.1) is 0 Å². The van der Waals surface area contributed by atoms with E-state index < -0.39 is 22.0 Å². The second-order valence-electron chi connectivity index (χ2n) is 11.0. The van der Waals surface area contributed by atoms with E-state index in [-0.39, 0.29) is 17.4 Å². The van der Waals surface area contributed by atoms with Crippen LogP contribution in [0, 0.1) is 11.8 Å². The number of aryl methyl sites for hydroxylation is 1. The molecule has 1 saturated carbocycles. The third-order valence-corrected chi connectivity index (χ3v) is 10.0. The van der Waals surface area contributed by atoms with Crippen molar-refractivity contribution in [1.82, 2.24) is 9.62 Å². The predicted octanol–water partition coefficient (Wildman–Crippen LogP) is 3.77. The molecule has 5 rings (SSSR count). The van der Waals surface area contributed by atoms with Crippen LogP contribution in [0.15, 0.2) is 41.3 Å². The summed E-state index contributed by atoms with van der Waals surface area (Å²) in [6.07, 6.45) is 4.75. The molecule has 3 atom stereocenters. The van der Waals surface area contributed by atoms with E-state index in [4.69, 9.17) is 21.1 Å². The summed E-state index contributed by atoms with van der Waals surface area (Å²) in [5.41, 5.74) is 2.89. The maximum absolute atomic E-state index is 13.3. The zero-order valence-electron chi connectivity index (χ0n) is 22.9. The van der Waals surface area contributed by atoms with Crippen molar-refractivity contribution in [2.45, 2.75) is 56.6 Å². The molecule has 40 heavy (non-hydrogen) atoms. The molecule has 2 aromatic rings. The van der Waals surface area contributed by atoms with Gasteiger partial charge in [0.2, 0.25) is 5.91 Å². The highest BCUT2D eigenvalue weighted by molar-refractivity contribution is 7.90. The molecule has 2 amide bonds. The van der Waals surface area contributed by atoms with Crippen LogP contribution < -0.4 is 14.4 Å². The summed E-state index contributed by atoms with van der Waals surface area (Å²) in [5, 5.41) is 0.692. The summed E-state index contributed by atoms with van der Waals surface area (Å²) in [5.74, 6) is 0.0596. The van der Waals surface area contributed by atoms with Gasteiger partial charge < -0.3 is 19.3 Å². The number of carbonyl (C=O) groups is 2. The highest BCUT2D eigenvalue weighted by atomic mass is 35.5. The number of sulfonamides is 1. The Balaban J connectivity index is 1.53. The first-order valence-corrected chi connectivity index (χ1v) is 15.7. The molecule has 3 aliphatic rings. The zero-order chi connectivity index (χ0) is 28.4. The highest BCUT2D eigenvalue weighted by Gasteiger charge is 2.35. The van der Waals surface area contributed by atoms with Gasteiger partial charge in [0.15, 0.2) is 0 Å². The van der Waals surface area contributed by atoms with Gasteiger partial charge in [-0.1, -0.05) is 17.7 Å². The first-order chi connectivity index (χ1) is 19.1. The normalized spacial score (nSPS) is 25.8. The third-order valence-electron chi connectivity index (χ3n) is 8.43. The highest BCUT2D eigenvalue weighted by Crippen LogP contribution is 2.39. The van der Waals surface area contributed by atoms with Gasteiger partial charge in [0.05, 0.1) is 17.2 Å². The monoisotopic (exact) mass is 589 g/mol. The summed E-state index contributed by atoms with van der Waals surface area (Å²) in [6.45, 7) is 3.55. The van der Waals surface area contributed by atoms with Crippen LogP contribution in [0.1, 0.15) is 43.7 Å². The van der Waals surface area contributed by atoms with Crippen LogP contribution in [0.3, 0.4) is 0 Å². The van der Waals surface area contributed by atoms with Gasteiger partial charge in [0.1, 0.15) is 25.0 Å². The molecule has 2 aromatic carbocycles. The SMILES string of the molecule is C[C@H]1C(=O)NS(=O)(=O)c2ccc3c(c2)N(CCCCc2cc(Cl)ccc2CO3)C[C@@H]2CC[C@H]2COCC(=O)N1C.